The third kappa shape index (κ3) is 8.80. The topological polar surface area (TPSA) is 77.4 Å². The Morgan fingerprint density at radius 2 is 1.86 bits per heavy atom. The van der Waals surface area contributed by atoms with Gasteiger partial charge in [-0.05, 0) is 68.0 Å². The lowest BCUT2D eigenvalue weighted by Crippen LogP contribution is -2.18. The van der Waals surface area contributed by atoms with E-state index in [0.717, 1.165) is 55.1 Å². The molecule has 2 heterocycles. The average Bonchev–Trinajstić information content (AvgIpc) is 2.91. The molecule has 3 rings (SSSR count). The standard InChI is InChI=1S/C29H36N4O3/c1-4-36-29(34)18-24(25-19-30-22-31-20-25)10-7-5-6-8-11-26-12-9-13-28(32-26)33(2)21-23-14-16-27(35-3)17-15-23/h7,9-10,12-17,19-20,22,24H,4-6,8,11,18,21H2,1-3H3/b10-7+. The van der Waals surface area contributed by atoms with Gasteiger partial charge in [0.1, 0.15) is 17.9 Å². The molecule has 0 aliphatic rings. The van der Waals surface area contributed by atoms with Gasteiger partial charge in [0.05, 0.1) is 20.1 Å². The molecule has 7 nitrogen and oxygen atoms in total. The van der Waals surface area contributed by atoms with Crippen LogP contribution < -0.4 is 9.64 Å². The number of carbonyl (C=O) groups is 1. The first-order valence-electron chi connectivity index (χ1n) is 12.5. The van der Waals surface area contributed by atoms with Crippen LogP contribution in [-0.4, -0.2) is 41.7 Å². The van der Waals surface area contributed by atoms with Crippen LogP contribution in [0.4, 0.5) is 5.82 Å². The molecule has 0 saturated carbocycles. The molecule has 0 saturated heterocycles. The normalized spacial score (nSPS) is 11.9. The van der Waals surface area contributed by atoms with Gasteiger partial charge in [0.25, 0.3) is 0 Å². The summed E-state index contributed by atoms with van der Waals surface area (Å²) in [5.74, 6) is 1.54. The van der Waals surface area contributed by atoms with Crippen LogP contribution in [0.15, 0.2) is 73.3 Å². The summed E-state index contributed by atoms with van der Waals surface area (Å²) in [6.45, 7) is 2.98. The van der Waals surface area contributed by atoms with E-state index in [-0.39, 0.29) is 11.9 Å². The molecule has 0 fully saturated rings. The Bertz CT molecular complexity index is 1090. The molecule has 0 bridgehead atoms. The molecule has 1 atom stereocenters. The Labute approximate surface area is 214 Å². The smallest absolute Gasteiger partial charge is 0.306 e. The number of hydrogen-bond acceptors (Lipinski definition) is 7. The number of aromatic nitrogens is 3. The summed E-state index contributed by atoms with van der Waals surface area (Å²) in [5.41, 5.74) is 3.22. The van der Waals surface area contributed by atoms with Gasteiger partial charge in [0.15, 0.2) is 0 Å². The molecule has 7 heteroatoms. The van der Waals surface area contributed by atoms with E-state index in [0.29, 0.717) is 13.0 Å². The first-order chi connectivity index (χ1) is 17.6. The van der Waals surface area contributed by atoms with Crippen molar-refractivity contribution in [2.75, 3.05) is 25.7 Å². The molecule has 0 aliphatic heterocycles. The van der Waals surface area contributed by atoms with Gasteiger partial charge >= 0.3 is 5.97 Å². The van der Waals surface area contributed by atoms with Crippen molar-refractivity contribution in [3.8, 4) is 5.75 Å². The van der Waals surface area contributed by atoms with Gasteiger partial charge in [-0.2, -0.15) is 0 Å². The van der Waals surface area contributed by atoms with E-state index >= 15 is 0 Å². The number of allylic oxidation sites excluding steroid dienone is 2. The van der Waals surface area contributed by atoms with Crippen LogP contribution in [0.2, 0.25) is 0 Å². The summed E-state index contributed by atoms with van der Waals surface area (Å²) in [4.78, 5) is 27.2. The predicted octanol–water partition coefficient (Wildman–Crippen LogP) is 5.52. The summed E-state index contributed by atoms with van der Waals surface area (Å²) in [6.07, 6.45) is 13.5. The first-order valence-corrected chi connectivity index (χ1v) is 12.5. The Morgan fingerprint density at radius 3 is 2.58 bits per heavy atom. The molecule has 3 aromatic rings. The lowest BCUT2D eigenvalue weighted by molar-refractivity contribution is -0.143. The number of unbranched alkanes of at least 4 members (excludes halogenated alkanes) is 2. The quantitative estimate of drug-likeness (QED) is 0.168. The molecular formula is C29H36N4O3. The lowest BCUT2D eigenvalue weighted by Gasteiger charge is -2.19. The number of nitrogens with zero attached hydrogens (tertiary/aromatic N) is 4. The van der Waals surface area contributed by atoms with Crippen molar-refractivity contribution >= 4 is 11.8 Å². The van der Waals surface area contributed by atoms with Crippen molar-refractivity contribution < 1.29 is 14.3 Å². The van der Waals surface area contributed by atoms with Crippen molar-refractivity contribution in [2.45, 2.75) is 51.5 Å². The molecule has 1 aromatic carbocycles. The second-order valence-corrected chi connectivity index (χ2v) is 8.65. The minimum absolute atomic E-state index is 0.0789. The molecule has 2 aromatic heterocycles. The summed E-state index contributed by atoms with van der Waals surface area (Å²) in [7, 11) is 3.74. The number of rotatable bonds is 14. The largest absolute Gasteiger partial charge is 0.497 e. The van der Waals surface area contributed by atoms with Crippen LogP contribution in [0.5, 0.6) is 5.75 Å². The third-order valence-corrected chi connectivity index (χ3v) is 5.88. The second kappa shape index (κ2) is 14.6. The number of methoxy groups -OCH3 is 1. The van der Waals surface area contributed by atoms with E-state index in [1.807, 2.05) is 25.1 Å². The monoisotopic (exact) mass is 488 g/mol. The number of pyridine rings is 1. The van der Waals surface area contributed by atoms with Crippen molar-refractivity contribution in [1.29, 1.82) is 0 Å². The van der Waals surface area contributed by atoms with Gasteiger partial charge in [-0.3, -0.25) is 4.79 Å². The van der Waals surface area contributed by atoms with E-state index in [1.165, 1.54) is 11.9 Å². The fraction of sp³-hybridized carbons (Fsp3) is 0.379. The van der Waals surface area contributed by atoms with Gasteiger partial charge in [-0.1, -0.05) is 30.4 Å². The lowest BCUT2D eigenvalue weighted by atomic mass is 9.97. The summed E-state index contributed by atoms with van der Waals surface area (Å²) < 4.78 is 10.4. The number of anilines is 1. The van der Waals surface area contributed by atoms with Gasteiger partial charge < -0.3 is 14.4 Å². The van der Waals surface area contributed by atoms with Gasteiger partial charge in [0, 0.05) is 37.6 Å². The van der Waals surface area contributed by atoms with Crippen LogP contribution in [0, 0.1) is 0 Å². The van der Waals surface area contributed by atoms with Crippen LogP contribution in [0.25, 0.3) is 0 Å². The zero-order valence-electron chi connectivity index (χ0n) is 21.5. The molecule has 1 unspecified atom stereocenters. The molecule has 0 radical (unpaired) electrons. The number of benzene rings is 1. The number of hydrogen-bond donors (Lipinski definition) is 0. The van der Waals surface area contributed by atoms with E-state index in [1.54, 1.807) is 19.5 Å². The van der Waals surface area contributed by atoms with E-state index in [2.05, 4.69) is 58.3 Å². The molecule has 0 N–H and O–H groups in total. The molecule has 0 amide bonds. The zero-order valence-corrected chi connectivity index (χ0v) is 21.5. The SMILES string of the molecule is CCOC(=O)CC(/C=C/CCCCc1cccc(N(C)Cc2ccc(OC)cc2)n1)c1cncnc1. The molecule has 36 heavy (non-hydrogen) atoms. The van der Waals surface area contributed by atoms with Crippen molar-refractivity contribution in [1.82, 2.24) is 15.0 Å². The van der Waals surface area contributed by atoms with Crippen LogP contribution >= 0.6 is 0 Å². The number of aryl methyl sites for hydroxylation is 1. The highest BCUT2D eigenvalue weighted by atomic mass is 16.5. The highest BCUT2D eigenvalue weighted by Gasteiger charge is 2.14. The highest BCUT2D eigenvalue weighted by Crippen LogP contribution is 2.21. The average molecular weight is 489 g/mol. The van der Waals surface area contributed by atoms with Gasteiger partial charge in [-0.15, -0.1) is 0 Å². The first kappa shape index (κ1) is 26.9. The maximum Gasteiger partial charge on any atom is 0.306 e. The van der Waals surface area contributed by atoms with Crippen molar-refractivity contribution in [3.63, 3.8) is 0 Å². The van der Waals surface area contributed by atoms with Gasteiger partial charge in [0.2, 0.25) is 0 Å². The Kier molecular flexibility index (Phi) is 10.9. The molecule has 0 spiro atoms. The molecule has 0 aliphatic carbocycles. The number of esters is 1. The van der Waals surface area contributed by atoms with E-state index < -0.39 is 0 Å². The third-order valence-electron chi connectivity index (χ3n) is 5.88. The zero-order chi connectivity index (χ0) is 25.6. The van der Waals surface area contributed by atoms with Crippen LogP contribution in [0.1, 0.15) is 55.3 Å². The minimum atomic E-state index is -0.209. The van der Waals surface area contributed by atoms with E-state index in [9.17, 15) is 4.79 Å². The minimum Gasteiger partial charge on any atom is -0.497 e. The Balaban J connectivity index is 1.47. The van der Waals surface area contributed by atoms with Crippen molar-refractivity contribution in [2.24, 2.45) is 0 Å². The van der Waals surface area contributed by atoms with Gasteiger partial charge in [-0.25, -0.2) is 15.0 Å². The summed E-state index contributed by atoms with van der Waals surface area (Å²) in [6, 6.07) is 14.3. The second-order valence-electron chi connectivity index (χ2n) is 8.65. The van der Waals surface area contributed by atoms with Crippen LogP contribution in [0.3, 0.4) is 0 Å². The Morgan fingerprint density at radius 1 is 1.08 bits per heavy atom. The van der Waals surface area contributed by atoms with E-state index in [4.69, 9.17) is 14.5 Å². The van der Waals surface area contributed by atoms with Crippen molar-refractivity contribution in [3.05, 3.63) is 90.2 Å². The fourth-order valence-electron chi connectivity index (χ4n) is 3.93. The van der Waals surface area contributed by atoms with Crippen LogP contribution in [-0.2, 0) is 22.5 Å². The summed E-state index contributed by atoms with van der Waals surface area (Å²) in [5, 5.41) is 0. The maximum atomic E-state index is 12.0. The Hall–Kier alpha value is -3.74. The summed E-state index contributed by atoms with van der Waals surface area (Å²) >= 11 is 0. The molecular weight excluding hydrogens is 452 g/mol. The highest BCUT2D eigenvalue weighted by molar-refractivity contribution is 5.71. The number of ether oxygens (including phenoxy) is 2. The maximum absolute atomic E-state index is 12.0. The number of carbonyl (C=O) groups excluding carboxylic acids is 1. The fourth-order valence-corrected chi connectivity index (χ4v) is 3.93. The predicted molar refractivity (Wildman–Crippen MR) is 142 cm³/mol. The molecule has 190 valence electrons.